The minimum absolute atomic E-state index is 0.184. The maximum absolute atomic E-state index is 12.5. The molecule has 3 aromatic rings. The van der Waals surface area contributed by atoms with Crippen LogP contribution in [-0.2, 0) is 0 Å². The van der Waals surface area contributed by atoms with Crippen LogP contribution in [0, 0.1) is 6.92 Å². The van der Waals surface area contributed by atoms with Gasteiger partial charge >= 0.3 is 0 Å². The number of aromatic nitrogens is 4. The van der Waals surface area contributed by atoms with Crippen LogP contribution in [0.25, 0.3) is 5.69 Å². The van der Waals surface area contributed by atoms with Crippen molar-refractivity contribution in [2.45, 2.75) is 26.7 Å². The van der Waals surface area contributed by atoms with Crippen molar-refractivity contribution in [3.05, 3.63) is 63.0 Å². The summed E-state index contributed by atoms with van der Waals surface area (Å²) in [6.45, 7) is 5.75. The number of hydrogen-bond donors (Lipinski definition) is 1. The fraction of sp³-hybridized carbons (Fsp3) is 0.235. The lowest BCUT2D eigenvalue weighted by molar-refractivity contribution is 0.101. The predicted octanol–water partition coefficient (Wildman–Crippen LogP) is 2.77. The number of nitrogens with one attached hydrogen (secondary N) is 1. The van der Waals surface area contributed by atoms with Crippen LogP contribution in [0.3, 0.4) is 0 Å². The number of carbonyl (C=O) groups is 1. The number of nitrogens with zero attached hydrogens (tertiary/aromatic N) is 4. The predicted molar refractivity (Wildman–Crippen MR) is 96.5 cm³/mol. The highest BCUT2D eigenvalue weighted by Crippen LogP contribution is 2.22. The summed E-state index contributed by atoms with van der Waals surface area (Å²) in [5.74, 6) is -0.378. The second-order valence-electron chi connectivity index (χ2n) is 5.80. The van der Waals surface area contributed by atoms with Crippen molar-refractivity contribution in [1.29, 1.82) is 0 Å². The van der Waals surface area contributed by atoms with Gasteiger partial charge < -0.3 is 0 Å². The molecule has 25 heavy (non-hydrogen) atoms. The van der Waals surface area contributed by atoms with Gasteiger partial charge in [-0.3, -0.25) is 14.9 Å². The number of rotatable bonds is 4. The summed E-state index contributed by atoms with van der Waals surface area (Å²) in [6, 6.07) is 10.7. The van der Waals surface area contributed by atoms with Gasteiger partial charge in [0.25, 0.3) is 5.91 Å². The van der Waals surface area contributed by atoms with E-state index in [4.69, 9.17) is 0 Å². The molecule has 0 atom stereocenters. The third-order valence-electron chi connectivity index (χ3n) is 3.48. The second-order valence-corrected chi connectivity index (χ2v) is 6.81. The Labute approximate surface area is 148 Å². The van der Waals surface area contributed by atoms with Gasteiger partial charge in [-0.2, -0.15) is 5.10 Å². The number of amides is 1. The van der Waals surface area contributed by atoms with Crippen molar-refractivity contribution >= 4 is 22.4 Å². The largest absolute Gasteiger partial charge is 0.295 e. The third-order valence-corrected chi connectivity index (χ3v) is 4.62. The number of benzene rings is 1. The molecule has 7 nitrogen and oxygen atoms in total. The fourth-order valence-corrected chi connectivity index (χ4v) is 2.95. The Morgan fingerprint density at radius 2 is 1.92 bits per heavy atom. The highest BCUT2D eigenvalue weighted by atomic mass is 32.1. The molecule has 3 rings (SSSR count). The van der Waals surface area contributed by atoms with E-state index in [0.29, 0.717) is 10.8 Å². The van der Waals surface area contributed by atoms with Gasteiger partial charge in [-0.25, -0.2) is 4.68 Å². The first-order valence-corrected chi connectivity index (χ1v) is 8.58. The molecular weight excluding hydrogens is 338 g/mol. The van der Waals surface area contributed by atoms with E-state index < -0.39 is 11.3 Å². The second kappa shape index (κ2) is 6.94. The molecule has 0 unspecified atom stereocenters. The van der Waals surface area contributed by atoms with Crippen LogP contribution in [0.5, 0.6) is 0 Å². The van der Waals surface area contributed by atoms with Gasteiger partial charge in [0.15, 0.2) is 5.69 Å². The summed E-state index contributed by atoms with van der Waals surface area (Å²) >= 11 is 1.28. The lowest BCUT2D eigenvalue weighted by Gasteiger charge is -2.10. The average molecular weight is 355 g/mol. The van der Waals surface area contributed by atoms with Crippen molar-refractivity contribution in [2.75, 3.05) is 5.32 Å². The van der Waals surface area contributed by atoms with E-state index in [1.54, 1.807) is 11.6 Å². The Kier molecular flexibility index (Phi) is 4.71. The van der Waals surface area contributed by atoms with Crippen LogP contribution in [0.1, 0.15) is 41.0 Å². The number of hydrogen-bond acceptors (Lipinski definition) is 6. The van der Waals surface area contributed by atoms with Gasteiger partial charge in [0.1, 0.15) is 5.01 Å². The Morgan fingerprint density at radius 3 is 2.56 bits per heavy atom. The molecule has 2 heterocycles. The third kappa shape index (κ3) is 3.63. The first-order chi connectivity index (χ1) is 12.0. The minimum atomic E-state index is -0.596. The Morgan fingerprint density at radius 1 is 1.20 bits per heavy atom. The minimum Gasteiger partial charge on any atom is -0.295 e. The fourth-order valence-electron chi connectivity index (χ4n) is 2.21. The molecule has 0 spiro atoms. The van der Waals surface area contributed by atoms with Crippen LogP contribution >= 0.6 is 11.3 Å². The van der Waals surface area contributed by atoms with E-state index in [-0.39, 0.29) is 11.6 Å². The number of aryl methyl sites for hydroxylation is 1. The number of carbonyl (C=O) groups excluding carboxylic acids is 1. The van der Waals surface area contributed by atoms with E-state index in [1.807, 2.05) is 44.2 Å². The standard InChI is InChI=1S/C17H17N5O2S/c1-10(2)16-19-20-17(25-16)18-15(24)14-13(23)9-11(3)22(21-14)12-7-5-4-6-8-12/h4-10H,1-3H3,(H,18,20,24). The summed E-state index contributed by atoms with van der Waals surface area (Å²) in [4.78, 5) is 24.7. The quantitative estimate of drug-likeness (QED) is 0.777. The zero-order valence-corrected chi connectivity index (χ0v) is 14.9. The average Bonchev–Trinajstić information content (AvgIpc) is 3.04. The van der Waals surface area contributed by atoms with E-state index in [0.717, 1.165) is 10.7 Å². The molecule has 0 saturated carbocycles. The summed E-state index contributed by atoms with van der Waals surface area (Å²) in [5.41, 5.74) is 0.796. The Hall–Kier alpha value is -2.87. The molecule has 1 amide bonds. The van der Waals surface area contributed by atoms with Crippen LogP contribution in [0.15, 0.2) is 41.2 Å². The monoisotopic (exact) mass is 355 g/mol. The topological polar surface area (TPSA) is 89.8 Å². The SMILES string of the molecule is Cc1cc(=O)c(C(=O)Nc2nnc(C(C)C)s2)nn1-c1ccccc1. The van der Waals surface area contributed by atoms with Crippen LogP contribution in [-0.4, -0.2) is 25.9 Å². The number of anilines is 1. The summed E-state index contributed by atoms with van der Waals surface area (Å²) in [7, 11) is 0. The van der Waals surface area contributed by atoms with Crippen LogP contribution in [0.2, 0.25) is 0 Å². The zero-order valence-electron chi connectivity index (χ0n) is 14.1. The maximum Gasteiger partial charge on any atom is 0.282 e. The van der Waals surface area contributed by atoms with Gasteiger partial charge in [-0.05, 0) is 19.1 Å². The van der Waals surface area contributed by atoms with Crippen molar-refractivity contribution in [2.24, 2.45) is 0 Å². The summed E-state index contributed by atoms with van der Waals surface area (Å²) in [6.07, 6.45) is 0. The molecule has 0 fully saturated rings. The molecule has 0 bridgehead atoms. The van der Waals surface area contributed by atoms with E-state index in [1.165, 1.54) is 17.4 Å². The smallest absolute Gasteiger partial charge is 0.282 e. The molecule has 1 N–H and O–H groups in total. The summed E-state index contributed by atoms with van der Waals surface area (Å²) < 4.78 is 1.57. The van der Waals surface area contributed by atoms with E-state index in [9.17, 15) is 9.59 Å². The molecule has 0 aliphatic carbocycles. The lowest BCUT2D eigenvalue weighted by atomic mass is 10.2. The number of para-hydroxylation sites is 1. The van der Waals surface area contributed by atoms with Gasteiger partial charge in [-0.1, -0.05) is 43.4 Å². The molecule has 2 aromatic heterocycles. The Balaban J connectivity index is 1.93. The van der Waals surface area contributed by atoms with Crippen molar-refractivity contribution in [1.82, 2.24) is 20.0 Å². The van der Waals surface area contributed by atoms with Gasteiger partial charge in [0, 0.05) is 17.7 Å². The first kappa shape index (κ1) is 17.0. The molecule has 1 aromatic carbocycles. The maximum atomic E-state index is 12.5. The normalized spacial score (nSPS) is 10.9. The molecule has 8 heteroatoms. The molecule has 0 aliphatic rings. The van der Waals surface area contributed by atoms with Gasteiger partial charge in [0.2, 0.25) is 10.6 Å². The van der Waals surface area contributed by atoms with Crippen LogP contribution < -0.4 is 10.7 Å². The highest BCUT2D eigenvalue weighted by Gasteiger charge is 2.17. The molecular formula is C17H17N5O2S. The van der Waals surface area contributed by atoms with E-state index >= 15 is 0 Å². The van der Waals surface area contributed by atoms with Crippen molar-refractivity contribution < 1.29 is 4.79 Å². The van der Waals surface area contributed by atoms with E-state index in [2.05, 4.69) is 20.6 Å². The lowest BCUT2D eigenvalue weighted by Crippen LogP contribution is -2.26. The molecule has 0 radical (unpaired) electrons. The first-order valence-electron chi connectivity index (χ1n) is 7.77. The highest BCUT2D eigenvalue weighted by molar-refractivity contribution is 7.15. The molecule has 128 valence electrons. The molecule has 0 aliphatic heterocycles. The zero-order chi connectivity index (χ0) is 18.0. The van der Waals surface area contributed by atoms with Gasteiger partial charge in [0.05, 0.1) is 5.69 Å². The van der Waals surface area contributed by atoms with Crippen molar-refractivity contribution in [3.8, 4) is 5.69 Å². The summed E-state index contributed by atoms with van der Waals surface area (Å²) in [5, 5.41) is 15.9. The Bertz CT molecular complexity index is 963. The van der Waals surface area contributed by atoms with Crippen LogP contribution in [0.4, 0.5) is 5.13 Å². The van der Waals surface area contributed by atoms with Crippen molar-refractivity contribution in [3.63, 3.8) is 0 Å². The molecule has 0 saturated heterocycles. The van der Waals surface area contributed by atoms with Gasteiger partial charge in [-0.15, -0.1) is 10.2 Å².